The van der Waals surface area contributed by atoms with Gasteiger partial charge in [0.25, 0.3) is 5.56 Å². The minimum Gasteiger partial charge on any atom is -0.350 e. The van der Waals surface area contributed by atoms with E-state index in [1.807, 2.05) is 35.2 Å². The number of aryl methyl sites for hydroxylation is 1. The van der Waals surface area contributed by atoms with Gasteiger partial charge < -0.3 is 9.13 Å². The molecule has 0 unspecified atom stereocenters. The fraction of sp³-hybridized carbons (Fsp3) is 0.182. The fourth-order valence-corrected chi connectivity index (χ4v) is 1.37. The number of hydrogen-bond donors (Lipinski definition) is 0. The van der Waals surface area contributed by atoms with E-state index in [1.165, 1.54) is 0 Å². The van der Waals surface area contributed by atoms with Crippen LogP contribution in [0.2, 0.25) is 0 Å². The molecule has 2 aromatic heterocycles. The van der Waals surface area contributed by atoms with Crippen molar-refractivity contribution in [3.63, 3.8) is 0 Å². The van der Waals surface area contributed by atoms with Crippen LogP contribution in [-0.2, 0) is 13.6 Å². The molecule has 72 valence electrons. The number of hydrogen-bond acceptors (Lipinski definition) is 1. The summed E-state index contributed by atoms with van der Waals surface area (Å²) in [6, 6.07) is 7.57. The Morgan fingerprint density at radius 3 is 2.57 bits per heavy atom. The summed E-state index contributed by atoms with van der Waals surface area (Å²) in [5.41, 5.74) is 1.07. The molecule has 14 heavy (non-hydrogen) atoms. The van der Waals surface area contributed by atoms with Crippen molar-refractivity contribution in [2.75, 3.05) is 0 Å². The van der Waals surface area contributed by atoms with Crippen LogP contribution in [0.1, 0.15) is 5.56 Å². The zero-order chi connectivity index (χ0) is 9.97. The molecule has 0 spiro atoms. The lowest BCUT2D eigenvalue weighted by Crippen LogP contribution is -2.15. The Hall–Kier alpha value is -1.77. The van der Waals surface area contributed by atoms with Crippen LogP contribution < -0.4 is 5.56 Å². The minimum absolute atomic E-state index is 0.0367. The molecule has 0 aliphatic carbocycles. The summed E-state index contributed by atoms with van der Waals surface area (Å²) in [4.78, 5) is 11.3. The van der Waals surface area contributed by atoms with Gasteiger partial charge in [0.15, 0.2) is 0 Å². The highest BCUT2D eigenvalue weighted by molar-refractivity contribution is 5.12. The number of pyridine rings is 1. The van der Waals surface area contributed by atoms with Gasteiger partial charge in [0.05, 0.1) is 0 Å². The molecule has 0 aliphatic heterocycles. The van der Waals surface area contributed by atoms with Crippen molar-refractivity contribution in [1.82, 2.24) is 9.13 Å². The minimum atomic E-state index is 0.0367. The van der Waals surface area contributed by atoms with Crippen molar-refractivity contribution in [2.45, 2.75) is 6.54 Å². The molecular weight excluding hydrogens is 176 g/mol. The maximum atomic E-state index is 11.3. The molecule has 0 saturated carbocycles. The lowest BCUT2D eigenvalue weighted by atomic mass is 10.2. The van der Waals surface area contributed by atoms with Crippen LogP contribution in [0.15, 0.2) is 47.7 Å². The van der Waals surface area contributed by atoms with Gasteiger partial charge in [-0.25, -0.2) is 0 Å². The Kier molecular flexibility index (Phi) is 2.23. The van der Waals surface area contributed by atoms with Crippen molar-refractivity contribution in [2.24, 2.45) is 7.05 Å². The highest BCUT2D eigenvalue weighted by Crippen LogP contribution is 1.99. The van der Waals surface area contributed by atoms with E-state index in [1.54, 1.807) is 23.9 Å². The third-order valence-corrected chi connectivity index (χ3v) is 2.20. The Balaban J connectivity index is 2.26. The average molecular weight is 188 g/mol. The first-order valence-corrected chi connectivity index (χ1v) is 4.52. The van der Waals surface area contributed by atoms with Crippen LogP contribution in [0, 0.1) is 0 Å². The third kappa shape index (κ3) is 1.76. The van der Waals surface area contributed by atoms with E-state index in [0.717, 1.165) is 12.1 Å². The molecule has 2 rings (SSSR count). The highest BCUT2D eigenvalue weighted by atomic mass is 16.1. The average Bonchev–Trinajstić information content (AvgIpc) is 2.64. The summed E-state index contributed by atoms with van der Waals surface area (Å²) in [6.07, 6.45) is 5.76. The molecule has 0 aromatic carbocycles. The van der Waals surface area contributed by atoms with Crippen molar-refractivity contribution < 1.29 is 0 Å². The van der Waals surface area contributed by atoms with E-state index in [-0.39, 0.29) is 5.56 Å². The molecular formula is C11H12N2O. The summed E-state index contributed by atoms with van der Waals surface area (Å²) in [5.74, 6) is 0. The van der Waals surface area contributed by atoms with Crippen molar-refractivity contribution in [1.29, 1.82) is 0 Å². The standard InChI is InChI=1S/C11H12N2O/c1-12-7-4-10(8-11(12)14)9-13-5-2-3-6-13/h2-8H,9H2,1H3. The van der Waals surface area contributed by atoms with Crippen molar-refractivity contribution in [3.05, 3.63) is 58.8 Å². The summed E-state index contributed by atoms with van der Waals surface area (Å²) < 4.78 is 3.61. The van der Waals surface area contributed by atoms with Crippen molar-refractivity contribution in [3.8, 4) is 0 Å². The molecule has 0 radical (unpaired) electrons. The van der Waals surface area contributed by atoms with Gasteiger partial charge in [-0.15, -0.1) is 0 Å². The van der Waals surface area contributed by atoms with Gasteiger partial charge in [-0.05, 0) is 23.8 Å². The van der Waals surface area contributed by atoms with Gasteiger partial charge in [0, 0.05) is 38.2 Å². The molecule has 0 bridgehead atoms. The monoisotopic (exact) mass is 188 g/mol. The zero-order valence-electron chi connectivity index (χ0n) is 8.05. The normalized spacial score (nSPS) is 10.4. The molecule has 0 saturated heterocycles. The van der Waals surface area contributed by atoms with Gasteiger partial charge in [-0.1, -0.05) is 0 Å². The van der Waals surface area contributed by atoms with E-state index in [4.69, 9.17) is 0 Å². The number of rotatable bonds is 2. The molecule has 3 nitrogen and oxygen atoms in total. The maximum Gasteiger partial charge on any atom is 0.250 e. The first-order chi connectivity index (χ1) is 6.75. The molecule has 0 fully saturated rings. The molecule has 2 heterocycles. The maximum absolute atomic E-state index is 11.3. The van der Waals surface area contributed by atoms with E-state index in [2.05, 4.69) is 0 Å². The number of nitrogens with zero attached hydrogens (tertiary/aromatic N) is 2. The largest absolute Gasteiger partial charge is 0.350 e. The first kappa shape index (κ1) is 8.81. The summed E-state index contributed by atoms with van der Waals surface area (Å²) in [5, 5.41) is 0. The molecule has 0 N–H and O–H groups in total. The topological polar surface area (TPSA) is 26.9 Å². The molecule has 0 aliphatic rings. The Labute approximate surface area is 82.2 Å². The summed E-state index contributed by atoms with van der Waals surface area (Å²) in [6.45, 7) is 0.753. The van der Waals surface area contributed by atoms with Crippen LogP contribution in [0.3, 0.4) is 0 Å². The van der Waals surface area contributed by atoms with Crippen molar-refractivity contribution >= 4 is 0 Å². The SMILES string of the molecule is Cn1ccc(Cn2cccc2)cc1=O. The van der Waals surface area contributed by atoms with Crippen LogP contribution in [0.4, 0.5) is 0 Å². The zero-order valence-corrected chi connectivity index (χ0v) is 8.05. The lowest BCUT2D eigenvalue weighted by Gasteiger charge is -2.03. The second-order valence-electron chi connectivity index (χ2n) is 3.34. The Bertz CT molecular complexity index is 468. The first-order valence-electron chi connectivity index (χ1n) is 4.52. The fourth-order valence-electron chi connectivity index (χ4n) is 1.37. The van der Waals surface area contributed by atoms with Gasteiger partial charge in [-0.2, -0.15) is 0 Å². The predicted octanol–water partition coefficient (Wildman–Crippen LogP) is 1.24. The molecule has 0 atom stereocenters. The predicted molar refractivity (Wildman–Crippen MR) is 55.2 cm³/mol. The second kappa shape index (κ2) is 3.54. The third-order valence-electron chi connectivity index (χ3n) is 2.20. The van der Waals surface area contributed by atoms with Gasteiger partial charge in [-0.3, -0.25) is 4.79 Å². The molecule has 0 amide bonds. The van der Waals surface area contributed by atoms with Crippen LogP contribution in [0.5, 0.6) is 0 Å². The van der Waals surface area contributed by atoms with Gasteiger partial charge in [0.1, 0.15) is 0 Å². The van der Waals surface area contributed by atoms with E-state index >= 15 is 0 Å². The van der Waals surface area contributed by atoms with Crippen LogP contribution in [-0.4, -0.2) is 9.13 Å². The van der Waals surface area contributed by atoms with Crippen LogP contribution >= 0.6 is 0 Å². The Morgan fingerprint density at radius 1 is 1.21 bits per heavy atom. The van der Waals surface area contributed by atoms with E-state index in [9.17, 15) is 4.79 Å². The smallest absolute Gasteiger partial charge is 0.250 e. The Morgan fingerprint density at radius 2 is 1.93 bits per heavy atom. The van der Waals surface area contributed by atoms with Crippen LogP contribution in [0.25, 0.3) is 0 Å². The van der Waals surface area contributed by atoms with E-state index < -0.39 is 0 Å². The number of aromatic nitrogens is 2. The molecule has 2 aromatic rings. The lowest BCUT2D eigenvalue weighted by molar-refractivity contribution is 0.785. The van der Waals surface area contributed by atoms with Gasteiger partial charge in [0.2, 0.25) is 0 Å². The van der Waals surface area contributed by atoms with E-state index in [0.29, 0.717) is 0 Å². The summed E-state index contributed by atoms with van der Waals surface area (Å²) >= 11 is 0. The van der Waals surface area contributed by atoms with Gasteiger partial charge >= 0.3 is 0 Å². The summed E-state index contributed by atoms with van der Waals surface area (Å²) in [7, 11) is 1.75. The quantitative estimate of drug-likeness (QED) is 0.696. The highest BCUT2D eigenvalue weighted by Gasteiger charge is 1.95. The molecule has 3 heteroatoms. The second-order valence-corrected chi connectivity index (χ2v) is 3.34.